The minimum absolute atomic E-state index is 0.0174. The number of carbonyl (C=O) groups is 2. The van der Waals surface area contributed by atoms with Crippen LogP contribution in [0, 0.1) is 5.92 Å². The van der Waals surface area contributed by atoms with Gasteiger partial charge in [-0.05, 0) is 26.2 Å². The van der Waals surface area contributed by atoms with E-state index in [0.29, 0.717) is 24.6 Å². The Kier molecular flexibility index (Phi) is 5.11. The second kappa shape index (κ2) is 6.83. The zero-order valence-electron chi connectivity index (χ0n) is 11.9. The summed E-state index contributed by atoms with van der Waals surface area (Å²) in [6.07, 6.45) is 4.11. The van der Waals surface area contributed by atoms with Crippen LogP contribution in [0.15, 0.2) is 6.20 Å². The van der Waals surface area contributed by atoms with E-state index in [4.69, 9.17) is 4.74 Å². The monoisotopic (exact) mass is 296 g/mol. The Labute approximate surface area is 122 Å². The molecule has 1 saturated heterocycles. The minimum Gasteiger partial charge on any atom is -0.466 e. The molecule has 5 nitrogen and oxygen atoms in total. The van der Waals surface area contributed by atoms with Gasteiger partial charge in [0.2, 0.25) is 0 Å². The lowest BCUT2D eigenvalue weighted by molar-refractivity contribution is -0.149. The van der Waals surface area contributed by atoms with E-state index in [1.165, 1.54) is 11.3 Å². The van der Waals surface area contributed by atoms with Gasteiger partial charge in [-0.3, -0.25) is 9.59 Å². The van der Waals surface area contributed by atoms with Crippen molar-refractivity contribution in [3.8, 4) is 0 Å². The van der Waals surface area contributed by atoms with Crippen LogP contribution in [-0.2, 0) is 16.0 Å². The maximum Gasteiger partial charge on any atom is 0.310 e. The number of carbonyl (C=O) groups excluding carboxylic acids is 2. The van der Waals surface area contributed by atoms with Crippen molar-refractivity contribution < 1.29 is 14.3 Å². The van der Waals surface area contributed by atoms with Crippen molar-refractivity contribution in [1.82, 2.24) is 9.88 Å². The van der Waals surface area contributed by atoms with Gasteiger partial charge >= 0.3 is 5.97 Å². The summed E-state index contributed by atoms with van der Waals surface area (Å²) in [6, 6.07) is 0. The van der Waals surface area contributed by atoms with Gasteiger partial charge in [0.1, 0.15) is 4.88 Å². The fourth-order valence-electron chi connectivity index (χ4n) is 2.34. The van der Waals surface area contributed by atoms with Crippen LogP contribution in [0.1, 0.15) is 41.4 Å². The molecule has 1 aromatic heterocycles. The summed E-state index contributed by atoms with van der Waals surface area (Å²) in [5.41, 5.74) is 0. The number of nitrogens with zero attached hydrogens (tertiary/aromatic N) is 2. The van der Waals surface area contributed by atoms with Gasteiger partial charge in [0, 0.05) is 13.1 Å². The number of piperidine rings is 1. The minimum atomic E-state index is -0.191. The van der Waals surface area contributed by atoms with Crippen LogP contribution < -0.4 is 0 Å². The predicted octanol–water partition coefficient (Wildman–Crippen LogP) is 2.12. The Morgan fingerprint density at radius 2 is 2.30 bits per heavy atom. The molecule has 1 aromatic rings. The van der Waals surface area contributed by atoms with Crippen molar-refractivity contribution >= 4 is 23.2 Å². The molecule has 1 amide bonds. The average molecular weight is 296 g/mol. The molecular weight excluding hydrogens is 276 g/mol. The van der Waals surface area contributed by atoms with Crippen molar-refractivity contribution in [1.29, 1.82) is 0 Å². The van der Waals surface area contributed by atoms with Crippen LogP contribution in [0.4, 0.5) is 0 Å². The third-order valence-corrected chi connectivity index (χ3v) is 4.52. The second-order valence-corrected chi connectivity index (χ2v) is 5.93. The van der Waals surface area contributed by atoms with E-state index in [0.717, 1.165) is 24.3 Å². The molecule has 110 valence electrons. The summed E-state index contributed by atoms with van der Waals surface area (Å²) in [5, 5.41) is 0.965. The highest BCUT2D eigenvalue weighted by Gasteiger charge is 2.30. The van der Waals surface area contributed by atoms with Gasteiger partial charge < -0.3 is 9.64 Å². The molecule has 0 bridgehead atoms. The molecule has 1 fully saturated rings. The fraction of sp³-hybridized carbons (Fsp3) is 0.643. The summed E-state index contributed by atoms with van der Waals surface area (Å²) in [7, 11) is 0. The first-order valence-electron chi connectivity index (χ1n) is 7.06. The second-order valence-electron chi connectivity index (χ2n) is 4.81. The lowest BCUT2D eigenvalue weighted by Crippen LogP contribution is -2.42. The molecule has 6 heteroatoms. The van der Waals surface area contributed by atoms with E-state index in [1.54, 1.807) is 18.0 Å². The van der Waals surface area contributed by atoms with Gasteiger partial charge in [0.25, 0.3) is 5.91 Å². The Hall–Kier alpha value is -1.43. The van der Waals surface area contributed by atoms with Crippen molar-refractivity contribution in [2.45, 2.75) is 33.1 Å². The molecule has 0 aromatic carbocycles. The molecule has 1 aliphatic heterocycles. The number of ether oxygens (including phenoxy) is 1. The third kappa shape index (κ3) is 3.36. The number of rotatable bonds is 4. The molecule has 2 rings (SSSR count). The number of hydrogen-bond acceptors (Lipinski definition) is 5. The molecule has 1 unspecified atom stereocenters. The molecule has 0 radical (unpaired) electrons. The van der Waals surface area contributed by atoms with Gasteiger partial charge in [0.15, 0.2) is 0 Å². The highest BCUT2D eigenvalue weighted by molar-refractivity contribution is 7.13. The number of hydrogen-bond donors (Lipinski definition) is 0. The highest BCUT2D eigenvalue weighted by atomic mass is 32.1. The van der Waals surface area contributed by atoms with Crippen LogP contribution in [0.5, 0.6) is 0 Å². The van der Waals surface area contributed by atoms with Gasteiger partial charge in [-0.15, -0.1) is 11.3 Å². The van der Waals surface area contributed by atoms with Crippen molar-refractivity contribution in [2.75, 3.05) is 19.7 Å². The average Bonchev–Trinajstić information content (AvgIpc) is 2.96. The van der Waals surface area contributed by atoms with Gasteiger partial charge in [-0.2, -0.15) is 0 Å². The van der Waals surface area contributed by atoms with Crippen molar-refractivity contribution in [3.63, 3.8) is 0 Å². The largest absolute Gasteiger partial charge is 0.466 e. The summed E-state index contributed by atoms with van der Waals surface area (Å²) in [6.45, 7) is 5.36. The Bertz CT molecular complexity index is 487. The number of likely N-dealkylation sites (tertiary alicyclic amines) is 1. The normalized spacial score (nSPS) is 18.9. The van der Waals surface area contributed by atoms with Crippen molar-refractivity contribution in [2.24, 2.45) is 5.92 Å². The smallest absolute Gasteiger partial charge is 0.310 e. The quantitative estimate of drug-likeness (QED) is 0.799. The summed E-state index contributed by atoms with van der Waals surface area (Å²) < 4.78 is 5.05. The summed E-state index contributed by atoms with van der Waals surface area (Å²) in [5.74, 6) is -0.397. The molecule has 0 spiro atoms. The molecule has 0 aliphatic carbocycles. The summed E-state index contributed by atoms with van der Waals surface area (Å²) >= 11 is 1.44. The van der Waals surface area contributed by atoms with E-state index < -0.39 is 0 Å². The third-order valence-electron chi connectivity index (χ3n) is 3.40. The molecule has 20 heavy (non-hydrogen) atoms. The summed E-state index contributed by atoms with van der Waals surface area (Å²) in [4.78, 5) is 30.8. The highest BCUT2D eigenvalue weighted by Crippen LogP contribution is 2.22. The first-order chi connectivity index (χ1) is 9.65. The molecule has 1 atom stereocenters. The Morgan fingerprint density at radius 1 is 1.50 bits per heavy atom. The van der Waals surface area contributed by atoms with E-state index in [9.17, 15) is 9.59 Å². The number of aromatic nitrogens is 1. The Morgan fingerprint density at radius 3 is 2.95 bits per heavy atom. The maximum absolute atomic E-state index is 12.4. The standard InChI is InChI=1S/C14H20N2O3S/c1-3-12-15-8-11(20-12)13(17)16-7-5-6-10(9-16)14(18)19-4-2/h8,10H,3-7,9H2,1-2H3. The Balaban J connectivity index is 2.01. The zero-order valence-corrected chi connectivity index (χ0v) is 12.7. The van der Waals surface area contributed by atoms with E-state index in [1.807, 2.05) is 6.92 Å². The number of esters is 1. The first-order valence-corrected chi connectivity index (χ1v) is 7.88. The number of amides is 1. The molecule has 0 saturated carbocycles. The van der Waals surface area contributed by atoms with Crippen LogP contribution in [0.2, 0.25) is 0 Å². The topological polar surface area (TPSA) is 59.5 Å². The number of thiazole rings is 1. The molecule has 1 aliphatic rings. The lowest BCUT2D eigenvalue weighted by atomic mass is 9.98. The van der Waals surface area contributed by atoms with E-state index in [-0.39, 0.29) is 17.8 Å². The van der Waals surface area contributed by atoms with Crippen LogP contribution in [-0.4, -0.2) is 41.5 Å². The van der Waals surface area contributed by atoms with Crippen LogP contribution in [0.25, 0.3) is 0 Å². The van der Waals surface area contributed by atoms with Crippen LogP contribution in [0.3, 0.4) is 0 Å². The van der Waals surface area contributed by atoms with Gasteiger partial charge in [-0.1, -0.05) is 6.92 Å². The maximum atomic E-state index is 12.4. The lowest BCUT2D eigenvalue weighted by Gasteiger charge is -2.31. The predicted molar refractivity (Wildman–Crippen MR) is 76.8 cm³/mol. The van der Waals surface area contributed by atoms with E-state index >= 15 is 0 Å². The molecular formula is C14H20N2O3S. The zero-order chi connectivity index (χ0) is 14.5. The molecule has 0 N–H and O–H groups in total. The first kappa shape index (κ1) is 15.0. The van der Waals surface area contributed by atoms with Gasteiger partial charge in [0.05, 0.1) is 23.7 Å². The van der Waals surface area contributed by atoms with Gasteiger partial charge in [-0.25, -0.2) is 4.98 Å². The SMILES string of the molecule is CCOC(=O)C1CCCN(C(=O)c2cnc(CC)s2)C1. The number of aryl methyl sites for hydroxylation is 1. The van der Waals surface area contributed by atoms with E-state index in [2.05, 4.69) is 4.98 Å². The fourth-order valence-corrected chi connectivity index (χ4v) is 3.17. The van der Waals surface area contributed by atoms with Crippen LogP contribution >= 0.6 is 11.3 Å². The van der Waals surface area contributed by atoms with Crippen molar-refractivity contribution in [3.05, 3.63) is 16.1 Å². The molecule has 2 heterocycles.